The average Bonchev–Trinajstić information content (AvgIpc) is 2.49. The van der Waals surface area contributed by atoms with E-state index < -0.39 is 34.3 Å². The topological polar surface area (TPSA) is 98.9 Å². The van der Waals surface area contributed by atoms with Gasteiger partial charge in [0.15, 0.2) is 0 Å². The van der Waals surface area contributed by atoms with E-state index in [4.69, 9.17) is 9.84 Å². The number of halogens is 3. The van der Waals surface area contributed by atoms with E-state index in [1.54, 1.807) is 0 Å². The summed E-state index contributed by atoms with van der Waals surface area (Å²) in [5.41, 5.74) is -0.874. The maximum atomic E-state index is 12.1. The van der Waals surface area contributed by atoms with Gasteiger partial charge in [-0.3, -0.25) is 10.1 Å². The third kappa shape index (κ3) is 4.59. The normalized spacial score (nSPS) is 11.0. The first-order chi connectivity index (χ1) is 11.6. The molecule has 7 nitrogen and oxygen atoms in total. The molecular formula is C15H10F3NO6. The summed E-state index contributed by atoms with van der Waals surface area (Å²) < 4.78 is 45.4. The third-order valence-electron chi connectivity index (χ3n) is 3.01. The molecule has 0 bridgehead atoms. The minimum absolute atomic E-state index is 0.0208. The smallest absolute Gasteiger partial charge is 0.477 e. The summed E-state index contributed by atoms with van der Waals surface area (Å²) in [6, 6.07) is 6.42. The summed E-state index contributed by atoms with van der Waals surface area (Å²) in [6.45, 7) is 1.47. The summed E-state index contributed by atoms with van der Waals surface area (Å²) in [6.07, 6.45) is -4.83. The van der Waals surface area contributed by atoms with E-state index in [-0.39, 0.29) is 17.1 Å². The van der Waals surface area contributed by atoms with Crippen LogP contribution in [0.4, 0.5) is 18.9 Å². The predicted octanol–water partition coefficient (Wildman–Crippen LogP) is 4.29. The second kappa shape index (κ2) is 6.67. The highest BCUT2D eigenvalue weighted by atomic mass is 19.4. The number of alkyl halides is 3. The molecule has 0 fully saturated rings. The molecule has 0 saturated heterocycles. The average molecular weight is 357 g/mol. The highest BCUT2D eigenvalue weighted by Gasteiger charge is 2.31. The molecule has 25 heavy (non-hydrogen) atoms. The van der Waals surface area contributed by atoms with Gasteiger partial charge in [-0.15, -0.1) is 13.2 Å². The van der Waals surface area contributed by atoms with Crippen LogP contribution >= 0.6 is 0 Å². The molecule has 1 N–H and O–H groups in total. The molecule has 10 heteroatoms. The van der Waals surface area contributed by atoms with E-state index in [0.717, 1.165) is 24.3 Å². The van der Waals surface area contributed by atoms with E-state index in [0.29, 0.717) is 0 Å². The van der Waals surface area contributed by atoms with E-state index in [9.17, 15) is 28.1 Å². The number of nitro benzene ring substituents is 1. The number of carboxylic acids is 1. The Bertz CT molecular complexity index is 817. The van der Waals surface area contributed by atoms with Gasteiger partial charge >= 0.3 is 12.3 Å². The number of rotatable bonds is 5. The predicted molar refractivity (Wildman–Crippen MR) is 78.0 cm³/mol. The van der Waals surface area contributed by atoms with Crippen LogP contribution < -0.4 is 9.47 Å². The quantitative estimate of drug-likeness (QED) is 0.633. The number of nitro groups is 1. The van der Waals surface area contributed by atoms with Crippen molar-refractivity contribution < 1.29 is 37.5 Å². The van der Waals surface area contributed by atoms with Crippen molar-refractivity contribution in [1.29, 1.82) is 0 Å². The molecule has 0 saturated carbocycles. The van der Waals surface area contributed by atoms with Crippen LogP contribution in [0.2, 0.25) is 0 Å². The Morgan fingerprint density at radius 2 is 1.72 bits per heavy atom. The number of aromatic carboxylic acids is 1. The zero-order chi connectivity index (χ0) is 18.8. The van der Waals surface area contributed by atoms with E-state index in [1.807, 2.05) is 0 Å². The SMILES string of the molecule is Cc1cc([N+](=O)[O-])c(C(=O)O)cc1Oc1ccc(OC(F)(F)F)cc1. The molecule has 0 heterocycles. The summed E-state index contributed by atoms with van der Waals surface area (Å²) in [4.78, 5) is 21.2. The van der Waals surface area contributed by atoms with Crippen LogP contribution in [0.15, 0.2) is 36.4 Å². The van der Waals surface area contributed by atoms with Crippen LogP contribution in [-0.4, -0.2) is 22.4 Å². The molecule has 0 aliphatic heterocycles. The second-order valence-electron chi connectivity index (χ2n) is 4.82. The largest absolute Gasteiger partial charge is 0.573 e. The van der Waals surface area contributed by atoms with Crippen molar-refractivity contribution in [3.8, 4) is 17.2 Å². The van der Waals surface area contributed by atoms with Gasteiger partial charge in [-0.05, 0) is 36.8 Å². The first-order valence-corrected chi connectivity index (χ1v) is 6.63. The number of nitrogens with zero attached hydrogens (tertiary/aromatic N) is 1. The third-order valence-corrected chi connectivity index (χ3v) is 3.01. The number of hydrogen-bond acceptors (Lipinski definition) is 5. The molecule has 0 atom stereocenters. The fourth-order valence-electron chi connectivity index (χ4n) is 1.94. The van der Waals surface area contributed by atoms with E-state index >= 15 is 0 Å². The van der Waals surface area contributed by atoms with Gasteiger partial charge in [0, 0.05) is 12.1 Å². The van der Waals surface area contributed by atoms with Gasteiger partial charge in [-0.1, -0.05) is 0 Å². The lowest BCUT2D eigenvalue weighted by Gasteiger charge is -2.12. The summed E-state index contributed by atoms with van der Waals surface area (Å²) >= 11 is 0. The second-order valence-corrected chi connectivity index (χ2v) is 4.82. The molecule has 0 amide bonds. The fraction of sp³-hybridized carbons (Fsp3) is 0.133. The Morgan fingerprint density at radius 3 is 2.20 bits per heavy atom. The minimum atomic E-state index is -4.83. The molecule has 2 rings (SSSR count). The van der Waals surface area contributed by atoms with E-state index in [1.165, 1.54) is 19.1 Å². The Balaban J connectivity index is 2.29. The standard InChI is InChI=1S/C15H10F3NO6/c1-8-6-12(19(22)23)11(14(20)21)7-13(8)24-9-2-4-10(5-3-9)25-15(16,17)18/h2-7H,1H3,(H,20,21). The van der Waals surface area contributed by atoms with Crippen molar-refractivity contribution in [1.82, 2.24) is 0 Å². The van der Waals surface area contributed by atoms with Gasteiger partial charge in [-0.2, -0.15) is 0 Å². The van der Waals surface area contributed by atoms with Gasteiger partial charge in [0.05, 0.1) is 4.92 Å². The van der Waals surface area contributed by atoms with E-state index in [2.05, 4.69) is 4.74 Å². The maximum absolute atomic E-state index is 12.1. The number of benzene rings is 2. The lowest BCUT2D eigenvalue weighted by atomic mass is 10.1. The number of hydrogen-bond donors (Lipinski definition) is 1. The zero-order valence-electron chi connectivity index (χ0n) is 12.5. The molecule has 0 unspecified atom stereocenters. The van der Waals surface area contributed by atoms with Crippen LogP contribution in [0.3, 0.4) is 0 Å². The van der Waals surface area contributed by atoms with Crippen LogP contribution in [0, 0.1) is 17.0 Å². The summed E-state index contributed by atoms with van der Waals surface area (Å²) in [5, 5.41) is 20.0. The van der Waals surface area contributed by atoms with Crippen molar-refractivity contribution in [2.24, 2.45) is 0 Å². The van der Waals surface area contributed by atoms with Crippen LogP contribution in [-0.2, 0) is 0 Å². The molecule has 0 spiro atoms. The summed E-state index contributed by atoms with van der Waals surface area (Å²) in [7, 11) is 0. The molecule has 0 aliphatic rings. The van der Waals surface area contributed by atoms with Crippen LogP contribution in [0.1, 0.15) is 15.9 Å². The highest BCUT2D eigenvalue weighted by molar-refractivity contribution is 5.93. The molecule has 0 radical (unpaired) electrons. The van der Waals surface area contributed by atoms with Crippen molar-refractivity contribution in [3.05, 3.63) is 57.6 Å². The number of ether oxygens (including phenoxy) is 2. The Labute approximate surface area is 138 Å². The fourth-order valence-corrected chi connectivity index (χ4v) is 1.94. The van der Waals surface area contributed by atoms with Gasteiger partial charge in [0.2, 0.25) is 0 Å². The lowest BCUT2D eigenvalue weighted by Crippen LogP contribution is -2.16. The molecule has 0 aliphatic carbocycles. The lowest BCUT2D eigenvalue weighted by molar-refractivity contribution is -0.385. The first kappa shape index (κ1) is 18.0. The Morgan fingerprint density at radius 1 is 1.16 bits per heavy atom. The number of carbonyl (C=O) groups is 1. The Kier molecular flexibility index (Phi) is 4.82. The number of carboxylic acid groups (broad SMARTS) is 1. The first-order valence-electron chi connectivity index (χ1n) is 6.63. The van der Waals surface area contributed by atoms with Crippen molar-refractivity contribution in [3.63, 3.8) is 0 Å². The molecule has 0 aromatic heterocycles. The van der Waals surface area contributed by atoms with Crippen molar-refractivity contribution in [2.75, 3.05) is 0 Å². The van der Waals surface area contributed by atoms with Gasteiger partial charge < -0.3 is 14.6 Å². The monoisotopic (exact) mass is 357 g/mol. The van der Waals surface area contributed by atoms with Crippen molar-refractivity contribution in [2.45, 2.75) is 13.3 Å². The van der Waals surface area contributed by atoms with Crippen LogP contribution in [0.25, 0.3) is 0 Å². The molecule has 2 aromatic rings. The number of aryl methyl sites for hydroxylation is 1. The maximum Gasteiger partial charge on any atom is 0.573 e. The molecule has 2 aromatic carbocycles. The molecular weight excluding hydrogens is 347 g/mol. The van der Waals surface area contributed by atoms with Crippen LogP contribution in [0.5, 0.6) is 17.2 Å². The molecule has 132 valence electrons. The minimum Gasteiger partial charge on any atom is -0.477 e. The van der Waals surface area contributed by atoms with Gasteiger partial charge in [-0.25, -0.2) is 4.79 Å². The van der Waals surface area contributed by atoms with Gasteiger partial charge in [0.25, 0.3) is 5.69 Å². The Hall–Kier alpha value is -3.30. The van der Waals surface area contributed by atoms with Crippen molar-refractivity contribution >= 4 is 11.7 Å². The zero-order valence-corrected chi connectivity index (χ0v) is 12.5. The highest BCUT2D eigenvalue weighted by Crippen LogP contribution is 2.33. The summed E-state index contributed by atoms with van der Waals surface area (Å²) in [5.74, 6) is -1.84. The van der Waals surface area contributed by atoms with Gasteiger partial charge in [0.1, 0.15) is 22.8 Å².